The molecule has 0 aromatic carbocycles. The van der Waals surface area contributed by atoms with E-state index in [0.29, 0.717) is 0 Å². The normalized spacial score (nSPS) is 8.10. The standard InChI is InChI=1S/C6H6O3.Pb.2H/c1-5(7)9-6-3-2-4-8-6;;;/h2-4H,1H3;;;. The first-order chi connectivity index (χ1) is 4.29. The van der Waals surface area contributed by atoms with Crippen LogP contribution in [0.2, 0.25) is 0 Å². The van der Waals surface area contributed by atoms with Crippen molar-refractivity contribution in [3.63, 3.8) is 0 Å². The van der Waals surface area contributed by atoms with E-state index in [2.05, 4.69) is 4.74 Å². The molecule has 0 atom stereocenters. The number of esters is 1. The van der Waals surface area contributed by atoms with Crippen molar-refractivity contribution in [2.24, 2.45) is 0 Å². The van der Waals surface area contributed by atoms with Gasteiger partial charge in [-0.3, -0.25) is 4.79 Å². The molecule has 0 bridgehead atoms. The van der Waals surface area contributed by atoms with Gasteiger partial charge >= 0.3 is 33.3 Å². The average Bonchev–Trinajstić information content (AvgIpc) is 2.15. The van der Waals surface area contributed by atoms with Gasteiger partial charge in [0.1, 0.15) is 0 Å². The first-order valence-electron chi connectivity index (χ1n) is 2.51. The zero-order valence-electron chi connectivity index (χ0n) is 5.66. The SMILES string of the molecule is CC(=O)Oc1ccco1.[PbH2]. The molecule has 54 valence electrons. The van der Waals surface area contributed by atoms with Crippen molar-refractivity contribution in [2.45, 2.75) is 6.92 Å². The summed E-state index contributed by atoms with van der Waals surface area (Å²) in [4.78, 5) is 10.2. The first-order valence-corrected chi connectivity index (χ1v) is 2.51. The van der Waals surface area contributed by atoms with Crippen LogP contribution < -0.4 is 4.74 Å². The number of furan rings is 1. The van der Waals surface area contributed by atoms with Crippen LogP contribution in [-0.2, 0) is 4.79 Å². The van der Waals surface area contributed by atoms with Gasteiger partial charge in [0.05, 0.1) is 6.26 Å². The second kappa shape index (κ2) is 4.48. The van der Waals surface area contributed by atoms with Gasteiger partial charge in [0.15, 0.2) is 0 Å². The fourth-order valence-corrected chi connectivity index (χ4v) is 0.463. The van der Waals surface area contributed by atoms with Crippen LogP contribution in [0.3, 0.4) is 0 Å². The molecule has 1 aromatic rings. The molecule has 0 fully saturated rings. The molecule has 1 aromatic heterocycles. The molecule has 0 aliphatic carbocycles. The Morgan fingerprint density at radius 2 is 2.40 bits per heavy atom. The third-order valence-corrected chi connectivity index (χ3v) is 0.739. The minimum absolute atomic E-state index is 0. The maximum absolute atomic E-state index is 10.2. The quantitative estimate of drug-likeness (QED) is 0.547. The van der Waals surface area contributed by atoms with E-state index in [9.17, 15) is 4.79 Å². The summed E-state index contributed by atoms with van der Waals surface area (Å²) in [5, 5.41) is 0. The summed E-state index contributed by atoms with van der Waals surface area (Å²) >= 11 is 0. The van der Waals surface area contributed by atoms with Gasteiger partial charge in [-0.2, -0.15) is 0 Å². The summed E-state index contributed by atoms with van der Waals surface area (Å²) in [5.74, 6) is -0.132. The topological polar surface area (TPSA) is 39.4 Å². The Bertz CT molecular complexity index is 193. The van der Waals surface area contributed by atoms with Crippen LogP contribution in [0.1, 0.15) is 6.92 Å². The van der Waals surface area contributed by atoms with Gasteiger partial charge in [0.2, 0.25) is 0 Å². The van der Waals surface area contributed by atoms with Crippen LogP contribution in [0.4, 0.5) is 0 Å². The summed E-state index contributed by atoms with van der Waals surface area (Å²) in [6.07, 6.45) is 1.44. The number of carbonyl (C=O) groups is 1. The summed E-state index contributed by atoms with van der Waals surface area (Å²) in [6.45, 7) is 1.32. The number of rotatable bonds is 1. The van der Waals surface area contributed by atoms with Gasteiger partial charge in [-0.05, 0) is 6.07 Å². The van der Waals surface area contributed by atoms with Gasteiger partial charge < -0.3 is 9.15 Å². The maximum atomic E-state index is 10.2. The monoisotopic (exact) mass is 336 g/mol. The third-order valence-electron chi connectivity index (χ3n) is 0.739. The Hall–Kier alpha value is -0.328. The molecule has 0 spiro atoms. The van der Waals surface area contributed by atoms with Crippen LogP contribution in [0.5, 0.6) is 5.95 Å². The molecule has 1 heterocycles. The Morgan fingerprint density at radius 3 is 2.80 bits per heavy atom. The second-order valence-electron chi connectivity index (χ2n) is 1.53. The minimum atomic E-state index is -0.370. The summed E-state index contributed by atoms with van der Waals surface area (Å²) in [7, 11) is 0. The van der Waals surface area contributed by atoms with Crippen molar-refractivity contribution in [3.8, 4) is 5.95 Å². The number of hydrogen-bond acceptors (Lipinski definition) is 3. The Morgan fingerprint density at radius 1 is 1.70 bits per heavy atom. The zero-order valence-corrected chi connectivity index (χ0v) is 11.2. The second-order valence-corrected chi connectivity index (χ2v) is 1.53. The van der Waals surface area contributed by atoms with E-state index in [1.807, 2.05) is 0 Å². The zero-order chi connectivity index (χ0) is 6.69. The molecule has 1 rings (SSSR count). The van der Waals surface area contributed by atoms with Crippen molar-refractivity contribution >= 4 is 33.3 Å². The molecule has 0 aliphatic heterocycles. The van der Waals surface area contributed by atoms with E-state index in [-0.39, 0.29) is 39.2 Å². The molecule has 0 N–H and O–H groups in total. The number of ether oxygens (including phenoxy) is 1. The van der Waals surface area contributed by atoms with E-state index in [0.717, 1.165) is 0 Å². The molecule has 0 unspecified atom stereocenters. The molecule has 0 aliphatic rings. The van der Waals surface area contributed by atoms with Crippen LogP contribution in [0.25, 0.3) is 0 Å². The van der Waals surface area contributed by atoms with E-state index in [1.165, 1.54) is 13.2 Å². The molecule has 4 heteroatoms. The van der Waals surface area contributed by atoms with Gasteiger partial charge in [0.25, 0.3) is 5.95 Å². The number of carbonyl (C=O) groups excluding carboxylic acids is 1. The predicted molar refractivity (Wildman–Crippen MR) is 38.6 cm³/mol. The van der Waals surface area contributed by atoms with Gasteiger partial charge in [-0.25, -0.2) is 0 Å². The van der Waals surface area contributed by atoms with Gasteiger partial charge in [-0.15, -0.1) is 0 Å². The summed E-state index contributed by atoms with van der Waals surface area (Å²) in [5.41, 5.74) is 0. The molecular weight excluding hydrogens is 327 g/mol. The summed E-state index contributed by atoms with van der Waals surface area (Å²) in [6, 6.07) is 3.22. The van der Waals surface area contributed by atoms with Crippen LogP contribution in [0, 0.1) is 0 Å². The van der Waals surface area contributed by atoms with Crippen LogP contribution >= 0.6 is 0 Å². The van der Waals surface area contributed by atoms with E-state index in [4.69, 9.17) is 4.42 Å². The fourth-order valence-electron chi connectivity index (χ4n) is 0.463. The average molecular weight is 335 g/mol. The molecule has 2 radical (unpaired) electrons. The Kier molecular flexibility index (Phi) is 4.33. The predicted octanol–water partition coefficient (Wildman–Crippen LogP) is 0.289. The van der Waals surface area contributed by atoms with Crippen molar-refractivity contribution in [1.82, 2.24) is 0 Å². The van der Waals surface area contributed by atoms with Crippen LogP contribution in [-0.4, -0.2) is 33.3 Å². The molecular formula is C6H8O3Pb. The Labute approximate surface area is 78.5 Å². The summed E-state index contributed by atoms with van der Waals surface area (Å²) < 4.78 is 9.25. The molecule has 10 heavy (non-hydrogen) atoms. The molecule has 3 nitrogen and oxygen atoms in total. The van der Waals surface area contributed by atoms with Crippen molar-refractivity contribution in [3.05, 3.63) is 18.4 Å². The van der Waals surface area contributed by atoms with E-state index >= 15 is 0 Å². The number of hydrogen-bond donors (Lipinski definition) is 0. The van der Waals surface area contributed by atoms with Crippen LogP contribution in [0.15, 0.2) is 22.8 Å². The van der Waals surface area contributed by atoms with Crippen molar-refractivity contribution in [1.29, 1.82) is 0 Å². The van der Waals surface area contributed by atoms with Crippen molar-refractivity contribution < 1.29 is 13.9 Å². The molecule has 0 saturated heterocycles. The molecule has 0 saturated carbocycles. The van der Waals surface area contributed by atoms with E-state index < -0.39 is 0 Å². The fraction of sp³-hybridized carbons (Fsp3) is 0.167. The first kappa shape index (κ1) is 9.67. The molecule has 0 amide bonds. The third kappa shape index (κ3) is 3.00. The van der Waals surface area contributed by atoms with E-state index in [1.54, 1.807) is 12.1 Å². The Balaban J connectivity index is 0.000000810. The van der Waals surface area contributed by atoms with Gasteiger partial charge in [0, 0.05) is 13.0 Å². The van der Waals surface area contributed by atoms with Gasteiger partial charge in [-0.1, -0.05) is 0 Å². The van der Waals surface area contributed by atoms with Crippen molar-refractivity contribution in [2.75, 3.05) is 0 Å².